The highest BCUT2D eigenvalue weighted by molar-refractivity contribution is 5.81. The molecule has 7 heteroatoms. The van der Waals surface area contributed by atoms with Gasteiger partial charge in [0, 0.05) is 25.6 Å². The number of amides is 2. The second kappa shape index (κ2) is 9.42. The summed E-state index contributed by atoms with van der Waals surface area (Å²) in [6.07, 6.45) is 1.58. The second-order valence-corrected chi connectivity index (χ2v) is 8.52. The Bertz CT molecular complexity index is 975. The Morgan fingerprint density at radius 2 is 1.66 bits per heavy atom. The molecule has 0 saturated heterocycles. The van der Waals surface area contributed by atoms with Crippen molar-refractivity contribution in [2.75, 3.05) is 20.2 Å². The normalized spacial score (nSPS) is 19.2. The third kappa shape index (κ3) is 4.47. The Labute approximate surface area is 187 Å². The Hall–Kier alpha value is -3.35. The number of benzene rings is 2. The third-order valence-corrected chi connectivity index (χ3v) is 6.52. The number of rotatable bonds is 7. The first-order chi connectivity index (χ1) is 15.5. The Morgan fingerprint density at radius 1 is 1.03 bits per heavy atom. The second-order valence-electron chi connectivity index (χ2n) is 8.52. The average molecular weight is 437 g/mol. The largest absolute Gasteiger partial charge is 0.481 e. The monoisotopic (exact) mass is 436 g/mol. The van der Waals surface area contributed by atoms with Crippen molar-refractivity contribution in [3.05, 3.63) is 59.7 Å². The van der Waals surface area contributed by atoms with Gasteiger partial charge in [-0.05, 0) is 35.1 Å². The fourth-order valence-corrected chi connectivity index (χ4v) is 4.88. The molecule has 2 aliphatic carbocycles. The fourth-order valence-electron chi connectivity index (χ4n) is 4.88. The zero-order valence-electron chi connectivity index (χ0n) is 18.1. The van der Waals surface area contributed by atoms with Crippen LogP contribution in [0.4, 0.5) is 4.79 Å². The number of nitrogens with zero attached hydrogens (tertiary/aromatic N) is 1. The number of carboxylic acid groups (broad SMARTS) is 1. The first kappa shape index (κ1) is 21.9. The van der Waals surface area contributed by atoms with Crippen molar-refractivity contribution in [2.24, 2.45) is 5.92 Å². The van der Waals surface area contributed by atoms with Crippen LogP contribution in [0.15, 0.2) is 48.5 Å². The van der Waals surface area contributed by atoms with E-state index in [4.69, 9.17) is 9.84 Å². The molecular weight excluding hydrogens is 408 g/mol. The molecule has 2 aromatic carbocycles. The molecule has 7 nitrogen and oxygen atoms in total. The smallest absolute Gasteiger partial charge is 0.407 e. The van der Waals surface area contributed by atoms with Crippen LogP contribution in [0.5, 0.6) is 0 Å². The van der Waals surface area contributed by atoms with Gasteiger partial charge in [0.1, 0.15) is 6.61 Å². The minimum absolute atomic E-state index is 0.0173. The van der Waals surface area contributed by atoms with Crippen LogP contribution in [0.1, 0.15) is 42.7 Å². The van der Waals surface area contributed by atoms with E-state index in [2.05, 4.69) is 29.6 Å². The highest BCUT2D eigenvalue weighted by atomic mass is 16.5. The van der Waals surface area contributed by atoms with E-state index < -0.39 is 12.1 Å². The van der Waals surface area contributed by atoms with E-state index in [0.717, 1.165) is 17.5 Å². The standard InChI is InChI=1S/C25H28N2O5/c1-27(14-13-23(28)29)24(30)20-11-6-12-22(20)26-25(31)32-15-21-18-9-4-2-7-16(18)17-8-3-5-10-19(17)21/h2-5,7-10,20-22H,6,11-15H2,1H3,(H,26,31)(H,28,29). The van der Waals surface area contributed by atoms with Crippen molar-refractivity contribution in [1.29, 1.82) is 0 Å². The van der Waals surface area contributed by atoms with Crippen LogP contribution in [0.25, 0.3) is 11.1 Å². The molecule has 2 amide bonds. The molecular formula is C25H28N2O5. The lowest BCUT2D eigenvalue weighted by Gasteiger charge is -2.25. The number of nitrogens with one attached hydrogen (secondary N) is 1. The van der Waals surface area contributed by atoms with Crippen molar-refractivity contribution in [2.45, 2.75) is 37.6 Å². The van der Waals surface area contributed by atoms with Gasteiger partial charge in [0.05, 0.1) is 12.3 Å². The Morgan fingerprint density at radius 3 is 2.28 bits per heavy atom. The van der Waals surface area contributed by atoms with Crippen LogP contribution < -0.4 is 5.32 Å². The summed E-state index contributed by atoms with van der Waals surface area (Å²) < 4.78 is 5.62. The van der Waals surface area contributed by atoms with E-state index in [1.807, 2.05) is 24.3 Å². The first-order valence-corrected chi connectivity index (χ1v) is 11.0. The van der Waals surface area contributed by atoms with Crippen molar-refractivity contribution in [3.63, 3.8) is 0 Å². The maximum absolute atomic E-state index is 12.7. The summed E-state index contributed by atoms with van der Waals surface area (Å²) in [5, 5.41) is 11.7. The van der Waals surface area contributed by atoms with Gasteiger partial charge in [0.2, 0.25) is 5.91 Å². The predicted molar refractivity (Wildman–Crippen MR) is 119 cm³/mol. The van der Waals surface area contributed by atoms with E-state index in [1.54, 1.807) is 7.05 Å². The lowest BCUT2D eigenvalue weighted by atomic mass is 9.98. The molecule has 0 bridgehead atoms. The molecule has 2 N–H and O–H groups in total. The number of ether oxygens (including phenoxy) is 1. The maximum Gasteiger partial charge on any atom is 0.407 e. The van der Waals surface area contributed by atoms with E-state index in [0.29, 0.717) is 12.8 Å². The van der Waals surface area contributed by atoms with Crippen LogP contribution in [0, 0.1) is 5.92 Å². The molecule has 1 fully saturated rings. The summed E-state index contributed by atoms with van der Waals surface area (Å²) in [4.78, 5) is 37.6. The van der Waals surface area contributed by atoms with Gasteiger partial charge in [-0.25, -0.2) is 4.79 Å². The van der Waals surface area contributed by atoms with Crippen LogP contribution in [-0.4, -0.2) is 54.2 Å². The van der Waals surface area contributed by atoms with E-state index >= 15 is 0 Å². The fraction of sp³-hybridized carbons (Fsp3) is 0.400. The molecule has 0 aromatic heterocycles. The van der Waals surface area contributed by atoms with Crippen LogP contribution in [0.2, 0.25) is 0 Å². The third-order valence-electron chi connectivity index (χ3n) is 6.52. The van der Waals surface area contributed by atoms with Crippen molar-refractivity contribution in [1.82, 2.24) is 10.2 Å². The lowest BCUT2D eigenvalue weighted by molar-refractivity contribution is -0.139. The van der Waals surface area contributed by atoms with Gasteiger partial charge in [0.15, 0.2) is 0 Å². The molecule has 1 saturated carbocycles. The number of carbonyl (C=O) groups is 3. The molecule has 32 heavy (non-hydrogen) atoms. The highest BCUT2D eigenvalue weighted by Crippen LogP contribution is 2.44. The van der Waals surface area contributed by atoms with E-state index in [-0.39, 0.29) is 43.4 Å². The van der Waals surface area contributed by atoms with Gasteiger partial charge in [0.25, 0.3) is 0 Å². The van der Waals surface area contributed by atoms with Gasteiger partial charge in [-0.2, -0.15) is 0 Å². The zero-order valence-corrected chi connectivity index (χ0v) is 18.1. The minimum atomic E-state index is -0.940. The van der Waals surface area contributed by atoms with E-state index in [9.17, 15) is 14.4 Å². The quantitative estimate of drug-likeness (QED) is 0.691. The van der Waals surface area contributed by atoms with E-state index in [1.165, 1.54) is 16.0 Å². The van der Waals surface area contributed by atoms with Crippen molar-refractivity contribution in [3.8, 4) is 11.1 Å². The summed E-state index contributed by atoms with van der Waals surface area (Å²) in [6, 6.07) is 16.0. The van der Waals surface area contributed by atoms with Gasteiger partial charge >= 0.3 is 12.1 Å². The number of hydrogen-bond acceptors (Lipinski definition) is 4. The number of fused-ring (bicyclic) bond motifs is 3. The van der Waals surface area contributed by atoms with Gasteiger partial charge in [-0.3, -0.25) is 9.59 Å². The minimum Gasteiger partial charge on any atom is -0.481 e. The summed E-state index contributed by atoms with van der Waals surface area (Å²) >= 11 is 0. The Kier molecular flexibility index (Phi) is 6.44. The molecule has 0 radical (unpaired) electrons. The summed E-state index contributed by atoms with van der Waals surface area (Å²) in [7, 11) is 1.61. The molecule has 2 aromatic rings. The number of hydrogen-bond donors (Lipinski definition) is 2. The molecule has 2 atom stereocenters. The van der Waals surface area contributed by atoms with Crippen molar-refractivity contribution >= 4 is 18.0 Å². The van der Waals surface area contributed by atoms with Crippen LogP contribution >= 0.6 is 0 Å². The molecule has 2 aliphatic rings. The molecule has 0 spiro atoms. The van der Waals surface area contributed by atoms with Crippen molar-refractivity contribution < 1.29 is 24.2 Å². The van der Waals surface area contributed by atoms with Gasteiger partial charge in [-0.1, -0.05) is 55.0 Å². The number of alkyl carbamates (subject to hydrolysis) is 1. The topological polar surface area (TPSA) is 95.9 Å². The SMILES string of the molecule is CN(CCC(=O)O)C(=O)C1CCCC1NC(=O)OCC1c2ccccc2-c2ccccc21. The molecule has 168 valence electrons. The maximum atomic E-state index is 12.7. The predicted octanol–water partition coefficient (Wildman–Crippen LogP) is 3.63. The molecule has 2 unspecified atom stereocenters. The summed E-state index contributed by atoms with van der Waals surface area (Å²) in [5.41, 5.74) is 4.64. The first-order valence-electron chi connectivity index (χ1n) is 11.0. The zero-order chi connectivity index (χ0) is 22.7. The molecule has 0 aliphatic heterocycles. The Balaban J connectivity index is 1.36. The number of aliphatic carboxylic acids is 1. The molecule has 0 heterocycles. The lowest BCUT2D eigenvalue weighted by Crippen LogP contribution is -2.45. The average Bonchev–Trinajstić information content (AvgIpc) is 3.38. The van der Waals surface area contributed by atoms with Crippen LogP contribution in [0.3, 0.4) is 0 Å². The van der Waals surface area contributed by atoms with Gasteiger partial charge < -0.3 is 20.1 Å². The molecule has 4 rings (SSSR count). The van der Waals surface area contributed by atoms with Gasteiger partial charge in [-0.15, -0.1) is 0 Å². The summed E-state index contributed by atoms with van der Waals surface area (Å²) in [5.74, 6) is -1.44. The summed E-state index contributed by atoms with van der Waals surface area (Å²) in [6.45, 7) is 0.381. The number of carboxylic acids is 1. The number of carbonyl (C=O) groups excluding carboxylic acids is 2. The highest BCUT2D eigenvalue weighted by Gasteiger charge is 2.36. The van der Waals surface area contributed by atoms with Crippen LogP contribution in [-0.2, 0) is 14.3 Å².